The first-order valence-electron chi connectivity index (χ1n) is 6.95. The third-order valence-corrected chi connectivity index (χ3v) is 3.61. The van der Waals surface area contributed by atoms with Gasteiger partial charge in [-0.05, 0) is 23.3 Å². The summed E-state index contributed by atoms with van der Waals surface area (Å²) in [5, 5.41) is 0. The van der Waals surface area contributed by atoms with Gasteiger partial charge in [-0.25, -0.2) is 0 Å². The summed E-state index contributed by atoms with van der Waals surface area (Å²) in [6.45, 7) is 2.19. The van der Waals surface area contributed by atoms with E-state index in [2.05, 4.69) is 59.5 Å². The third-order valence-electron chi connectivity index (χ3n) is 3.61. The lowest BCUT2D eigenvalue weighted by atomic mass is 10.2. The molecule has 0 saturated carbocycles. The molecule has 2 atom stereocenters. The Bertz CT molecular complexity index is 574. The number of hydrogen-bond donors (Lipinski definition) is 0. The smallest absolute Gasteiger partial charge is 0.118 e. The fourth-order valence-electron chi connectivity index (χ4n) is 2.31. The predicted molar refractivity (Wildman–Crippen MR) is 82.7 cm³/mol. The molecule has 0 N–H and O–H groups in total. The number of benzene rings is 2. The average molecular weight is 265 g/mol. The highest BCUT2D eigenvalue weighted by Crippen LogP contribution is 2.23. The van der Waals surface area contributed by atoms with Crippen molar-refractivity contribution in [3.8, 4) is 5.75 Å². The van der Waals surface area contributed by atoms with Crippen LogP contribution in [0.3, 0.4) is 0 Å². The third kappa shape index (κ3) is 3.28. The highest BCUT2D eigenvalue weighted by atomic mass is 16.5. The maximum Gasteiger partial charge on any atom is 0.118 e. The Morgan fingerprint density at radius 2 is 1.85 bits per heavy atom. The molecule has 0 spiro atoms. The van der Waals surface area contributed by atoms with Crippen molar-refractivity contribution in [2.24, 2.45) is 0 Å². The second-order valence-electron chi connectivity index (χ2n) is 5.11. The molecule has 1 saturated heterocycles. The van der Waals surface area contributed by atoms with Crippen LogP contribution in [0.2, 0.25) is 0 Å². The number of nitrogens with zero attached hydrogens (tertiary/aromatic N) is 1. The molecule has 20 heavy (non-hydrogen) atoms. The van der Waals surface area contributed by atoms with E-state index < -0.39 is 0 Å². The van der Waals surface area contributed by atoms with Gasteiger partial charge in [0.05, 0.1) is 7.11 Å². The molecule has 3 rings (SSSR count). The number of rotatable bonds is 5. The zero-order valence-corrected chi connectivity index (χ0v) is 11.7. The Morgan fingerprint density at radius 3 is 2.55 bits per heavy atom. The molecule has 0 aromatic heterocycles. The Balaban J connectivity index is 1.53. The van der Waals surface area contributed by atoms with E-state index in [1.165, 1.54) is 11.1 Å². The van der Waals surface area contributed by atoms with Crippen LogP contribution in [0, 0.1) is 0 Å². The molecule has 0 amide bonds. The van der Waals surface area contributed by atoms with Crippen LogP contribution < -0.4 is 4.74 Å². The van der Waals surface area contributed by atoms with Crippen LogP contribution >= 0.6 is 0 Å². The van der Waals surface area contributed by atoms with Crippen LogP contribution in [-0.4, -0.2) is 24.6 Å². The summed E-state index contributed by atoms with van der Waals surface area (Å²) in [4.78, 5) is 2.45. The average Bonchev–Trinajstić information content (AvgIpc) is 3.25. The Morgan fingerprint density at radius 1 is 1.10 bits per heavy atom. The molecule has 2 unspecified atom stereocenters. The maximum absolute atomic E-state index is 5.16. The Hall–Kier alpha value is -2.06. The summed E-state index contributed by atoms with van der Waals surface area (Å²) in [7, 11) is 1.69. The maximum atomic E-state index is 5.16. The van der Waals surface area contributed by atoms with Crippen LogP contribution in [0.4, 0.5) is 0 Å². The molecule has 0 radical (unpaired) electrons. The van der Waals surface area contributed by atoms with Crippen LogP contribution in [0.1, 0.15) is 11.1 Å². The molecule has 1 heterocycles. The van der Waals surface area contributed by atoms with Gasteiger partial charge in [0.1, 0.15) is 5.75 Å². The molecule has 0 bridgehead atoms. The van der Waals surface area contributed by atoms with Gasteiger partial charge in [-0.3, -0.25) is 4.90 Å². The molecule has 1 aliphatic heterocycles. The predicted octanol–water partition coefficient (Wildman–Crippen LogP) is 3.59. The Labute approximate surface area is 120 Å². The zero-order valence-electron chi connectivity index (χ0n) is 11.7. The fourth-order valence-corrected chi connectivity index (χ4v) is 2.31. The van der Waals surface area contributed by atoms with Crippen LogP contribution in [0.15, 0.2) is 60.7 Å². The van der Waals surface area contributed by atoms with Gasteiger partial charge in [0.2, 0.25) is 0 Å². The molecule has 2 aromatic carbocycles. The minimum absolute atomic E-state index is 0.581. The van der Waals surface area contributed by atoms with Crippen molar-refractivity contribution in [2.75, 3.05) is 13.7 Å². The minimum atomic E-state index is 0.581. The topological polar surface area (TPSA) is 12.2 Å². The highest BCUT2D eigenvalue weighted by Gasteiger charge is 2.30. The molecule has 0 aliphatic carbocycles. The van der Waals surface area contributed by atoms with Crippen molar-refractivity contribution in [2.45, 2.75) is 12.6 Å². The quantitative estimate of drug-likeness (QED) is 0.766. The summed E-state index contributed by atoms with van der Waals surface area (Å²) >= 11 is 0. The molecule has 2 nitrogen and oxygen atoms in total. The van der Waals surface area contributed by atoms with E-state index >= 15 is 0 Å². The second kappa shape index (κ2) is 5.93. The van der Waals surface area contributed by atoms with Gasteiger partial charge in [-0.2, -0.15) is 0 Å². The lowest BCUT2D eigenvalue weighted by molar-refractivity contribution is 0.415. The molecule has 102 valence electrons. The largest absolute Gasteiger partial charge is 0.497 e. The fraction of sp³-hybridized carbons (Fsp3) is 0.222. The summed E-state index contributed by atoms with van der Waals surface area (Å²) < 4.78 is 5.16. The van der Waals surface area contributed by atoms with Crippen molar-refractivity contribution < 1.29 is 4.74 Å². The SMILES string of the molecule is COc1ccc(/C=C\C2CN2Cc2ccccc2)cc1. The van der Waals surface area contributed by atoms with E-state index in [1.54, 1.807) is 7.11 Å². The van der Waals surface area contributed by atoms with Crippen LogP contribution in [0.25, 0.3) is 6.08 Å². The van der Waals surface area contributed by atoms with Crippen molar-refractivity contribution >= 4 is 6.08 Å². The highest BCUT2D eigenvalue weighted by molar-refractivity contribution is 5.52. The van der Waals surface area contributed by atoms with E-state index in [0.29, 0.717) is 6.04 Å². The van der Waals surface area contributed by atoms with E-state index in [9.17, 15) is 0 Å². The van der Waals surface area contributed by atoms with Gasteiger partial charge in [-0.1, -0.05) is 54.6 Å². The first kappa shape index (κ1) is 12.9. The van der Waals surface area contributed by atoms with E-state index in [-0.39, 0.29) is 0 Å². The monoisotopic (exact) mass is 265 g/mol. The standard InChI is InChI=1S/C18H19NO/c1-20-18-11-8-15(9-12-18)7-10-17-14-19(17)13-16-5-3-2-4-6-16/h2-12,17H,13-14H2,1H3/b10-7-. The number of hydrogen-bond acceptors (Lipinski definition) is 2. The lowest BCUT2D eigenvalue weighted by Gasteiger charge is -2.01. The zero-order chi connectivity index (χ0) is 13.8. The summed E-state index contributed by atoms with van der Waals surface area (Å²) in [6.07, 6.45) is 4.47. The summed E-state index contributed by atoms with van der Waals surface area (Å²) in [6, 6.07) is 19.4. The van der Waals surface area contributed by atoms with Crippen molar-refractivity contribution in [1.82, 2.24) is 4.90 Å². The number of ether oxygens (including phenoxy) is 1. The summed E-state index contributed by atoms with van der Waals surface area (Å²) in [5.74, 6) is 0.902. The minimum Gasteiger partial charge on any atom is -0.497 e. The molecular weight excluding hydrogens is 246 g/mol. The van der Waals surface area contributed by atoms with Crippen molar-refractivity contribution in [3.05, 3.63) is 71.8 Å². The van der Waals surface area contributed by atoms with Crippen LogP contribution in [0.5, 0.6) is 5.75 Å². The first-order valence-corrected chi connectivity index (χ1v) is 6.95. The van der Waals surface area contributed by atoms with Gasteiger partial charge < -0.3 is 4.74 Å². The first-order chi connectivity index (χ1) is 9.85. The van der Waals surface area contributed by atoms with E-state index in [4.69, 9.17) is 4.74 Å². The van der Waals surface area contributed by atoms with E-state index in [0.717, 1.165) is 18.8 Å². The molecule has 1 aliphatic rings. The van der Waals surface area contributed by atoms with E-state index in [1.807, 2.05) is 12.1 Å². The summed E-state index contributed by atoms with van der Waals surface area (Å²) in [5.41, 5.74) is 2.60. The number of methoxy groups -OCH3 is 1. The van der Waals surface area contributed by atoms with Crippen molar-refractivity contribution in [3.63, 3.8) is 0 Å². The Kier molecular flexibility index (Phi) is 3.84. The molecule has 2 heteroatoms. The lowest BCUT2D eigenvalue weighted by Crippen LogP contribution is -1.99. The van der Waals surface area contributed by atoms with Crippen molar-refractivity contribution in [1.29, 1.82) is 0 Å². The molecule has 2 aromatic rings. The second-order valence-corrected chi connectivity index (χ2v) is 5.11. The van der Waals surface area contributed by atoms with Gasteiger partial charge >= 0.3 is 0 Å². The normalized spacial score (nSPS) is 21.1. The van der Waals surface area contributed by atoms with Gasteiger partial charge in [-0.15, -0.1) is 0 Å². The molecule has 1 fully saturated rings. The van der Waals surface area contributed by atoms with Crippen LogP contribution in [-0.2, 0) is 6.54 Å². The van der Waals surface area contributed by atoms with Gasteiger partial charge in [0.15, 0.2) is 0 Å². The molecular formula is C18H19NO. The van der Waals surface area contributed by atoms with Gasteiger partial charge in [0, 0.05) is 19.1 Å². The van der Waals surface area contributed by atoms with Gasteiger partial charge in [0.25, 0.3) is 0 Å².